The molecule has 0 spiro atoms. The minimum Gasteiger partial charge on any atom is -0.422 e. The average Bonchev–Trinajstić information content (AvgIpc) is 2.75. The van der Waals surface area contributed by atoms with Crippen LogP contribution in [0, 0.1) is 5.92 Å². The van der Waals surface area contributed by atoms with Crippen molar-refractivity contribution >= 4 is 6.16 Å². The summed E-state index contributed by atoms with van der Waals surface area (Å²) in [6.45, 7) is 10.3. The summed E-state index contributed by atoms with van der Waals surface area (Å²) in [4.78, 5) is 11.8. The van der Waals surface area contributed by atoms with Crippen molar-refractivity contribution in [3.8, 4) is 0 Å². The molecule has 1 aromatic carbocycles. The van der Waals surface area contributed by atoms with Crippen LogP contribution < -0.4 is 0 Å². The van der Waals surface area contributed by atoms with E-state index in [2.05, 4.69) is 0 Å². The minimum atomic E-state index is -0.800. The molecule has 0 unspecified atom stereocenters. The lowest BCUT2D eigenvalue weighted by atomic mass is 9.82. The van der Waals surface area contributed by atoms with Gasteiger partial charge in [0.15, 0.2) is 11.7 Å². The number of carbonyl (C=O) groups is 1. The fourth-order valence-electron chi connectivity index (χ4n) is 2.43. The van der Waals surface area contributed by atoms with E-state index < -0.39 is 17.9 Å². The fourth-order valence-corrected chi connectivity index (χ4v) is 2.43. The molecule has 1 saturated heterocycles. The van der Waals surface area contributed by atoms with E-state index in [1.807, 2.05) is 65.0 Å². The molecule has 21 heavy (non-hydrogen) atoms. The van der Waals surface area contributed by atoms with Crippen molar-refractivity contribution in [3.05, 3.63) is 35.9 Å². The minimum absolute atomic E-state index is 0.0662. The quantitative estimate of drug-likeness (QED) is 0.784. The third kappa shape index (κ3) is 3.38. The third-order valence-electron chi connectivity index (χ3n) is 3.74. The SMILES string of the molecule is CC(C)[C@]1(COC(C)(C)C)OC(=O)O[C@H]1c1ccccc1. The maximum Gasteiger partial charge on any atom is 0.509 e. The van der Waals surface area contributed by atoms with E-state index in [1.165, 1.54) is 0 Å². The highest BCUT2D eigenvalue weighted by molar-refractivity contribution is 5.64. The maximum atomic E-state index is 11.8. The molecule has 0 aromatic heterocycles. The second kappa shape index (κ2) is 5.68. The molecule has 0 amide bonds. The van der Waals surface area contributed by atoms with Gasteiger partial charge in [-0.05, 0) is 32.3 Å². The van der Waals surface area contributed by atoms with E-state index in [9.17, 15) is 4.79 Å². The molecule has 0 N–H and O–H groups in total. The molecule has 1 aromatic rings. The number of cyclic esters (lactones) is 2. The smallest absolute Gasteiger partial charge is 0.422 e. The number of hydrogen-bond donors (Lipinski definition) is 0. The third-order valence-corrected chi connectivity index (χ3v) is 3.74. The molecule has 4 heteroatoms. The second-order valence-electron chi connectivity index (χ2n) is 6.77. The largest absolute Gasteiger partial charge is 0.509 e. The van der Waals surface area contributed by atoms with Gasteiger partial charge in [0.25, 0.3) is 0 Å². The molecule has 1 aliphatic heterocycles. The Morgan fingerprint density at radius 1 is 1.24 bits per heavy atom. The Hall–Kier alpha value is -1.55. The van der Waals surface area contributed by atoms with Gasteiger partial charge in [-0.2, -0.15) is 0 Å². The van der Waals surface area contributed by atoms with E-state index in [-0.39, 0.29) is 11.5 Å². The Kier molecular flexibility index (Phi) is 4.28. The van der Waals surface area contributed by atoms with Crippen molar-refractivity contribution in [1.82, 2.24) is 0 Å². The van der Waals surface area contributed by atoms with Gasteiger partial charge in [-0.25, -0.2) is 4.79 Å². The lowest BCUT2D eigenvalue weighted by molar-refractivity contribution is -0.122. The monoisotopic (exact) mass is 292 g/mol. The van der Waals surface area contributed by atoms with E-state index in [4.69, 9.17) is 14.2 Å². The van der Waals surface area contributed by atoms with Gasteiger partial charge in [0, 0.05) is 0 Å². The lowest BCUT2D eigenvalue weighted by Crippen LogP contribution is -2.46. The van der Waals surface area contributed by atoms with Gasteiger partial charge in [0.2, 0.25) is 0 Å². The topological polar surface area (TPSA) is 44.8 Å². The first kappa shape index (κ1) is 15.8. The van der Waals surface area contributed by atoms with E-state index >= 15 is 0 Å². The molecule has 116 valence electrons. The van der Waals surface area contributed by atoms with Crippen molar-refractivity contribution in [2.45, 2.75) is 51.9 Å². The van der Waals surface area contributed by atoms with Crippen LogP contribution in [-0.2, 0) is 14.2 Å². The standard InChI is InChI=1S/C17H24O4/c1-12(2)17(11-19-16(3,4)5)14(20-15(18)21-17)13-9-7-6-8-10-13/h6-10,12,14H,11H2,1-5H3/t14-,17-/m0/s1. The number of carbonyl (C=O) groups excluding carboxylic acids is 1. The van der Waals surface area contributed by atoms with Crippen LogP contribution in [0.4, 0.5) is 4.79 Å². The second-order valence-corrected chi connectivity index (χ2v) is 6.77. The number of rotatable bonds is 4. The Bertz CT molecular complexity index is 489. The molecule has 4 nitrogen and oxygen atoms in total. The number of ether oxygens (including phenoxy) is 3. The Balaban J connectivity index is 2.34. The van der Waals surface area contributed by atoms with E-state index in [0.717, 1.165) is 5.56 Å². The van der Waals surface area contributed by atoms with Crippen LogP contribution >= 0.6 is 0 Å². The molecule has 2 atom stereocenters. The van der Waals surface area contributed by atoms with Crippen molar-refractivity contribution in [1.29, 1.82) is 0 Å². The first-order chi connectivity index (χ1) is 9.74. The highest BCUT2D eigenvalue weighted by Gasteiger charge is 2.55. The first-order valence-electron chi connectivity index (χ1n) is 7.33. The van der Waals surface area contributed by atoms with Gasteiger partial charge in [0.1, 0.15) is 0 Å². The highest BCUT2D eigenvalue weighted by atomic mass is 16.8. The zero-order valence-corrected chi connectivity index (χ0v) is 13.4. The van der Waals surface area contributed by atoms with Gasteiger partial charge in [-0.3, -0.25) is 0 Å². The highest BCUT2D eigenvalue weighted by Crippen LogP contribution is 2.44. The average molecular weight is 292 g/mol. The van der Waals surface area contributed by atoms with Crippen LogP contribution in [0.25, 0.3) is 0 Å². The molecule has 1 fully saturated rings. The van der Waals surface area contributed by atoms with Gasteiger partial charge < -0.3 is 14.2 Å². The molecule has 0 radical (unpaired) electrons. The van der Waals surface area contributed by atoms with Crippen molar-refractivity contribution in [2.24, 2.45) is 5.92 Å². The number of hydrogen-bond acceptors (Lipinski definition) is 4. The van der Waals surface area contributed by atoms with Gasteiger partial charge in [0.05, 0.1) is 12.2 Å². The summed E-state index contributed by atoms with van der Waals surface area (Å²) in [5.74, 6) is 0.0662. The summed E-state index contributed by atoms with van der Waals surface area (Å²) in [7, 11) is 0. The van der Waals surface area contributed by atoms with Crippen LogP contribution in [0.3, 0.4) is 0 Å². The first-order valence-corrected chi connectivity index (χ1v) is 7.33. The lowest BCUT2D eigenvalue weighted by Gasteiger charge is -2.36. The molecule has 1 aliphatic rings. The maximum absolute atomic E-state index is 11.8. The van der Waals surface area contributed by atoms with Crippen molar-refractivity contribution in [3.63, 3.8) is 0 Å². The number of benzene rings is 1. The summed E-state index contributed by atoms with van der Waals surface area (Å²) in [6.07, 6.45) is -1.08. The zero-order valence-electron chi connectivity index (χ0n) is 13.4. The van der Waals surface area contributed by atoms with Gasteiger partial charge >= 0.3 is 6.16 Å². The Morgan fingerprint density at radius 3 is 2.38 bits per heavy atom. The molecule has 0 bridgehead atoms. The molecule has 2 rings (SSSR count). The normalized spacial score (nSPS) is 25.8. The van der Waals surface area contributed by atoms with E-state index in [0.29, 0.717) is 6.61 Å². The summed E-state index contributed by atoms with van der Waals surface area (Å²) in [5.41, 5.74) is -0.182. The molecular formula is C17H24O4. The molecular weight excluding hydrogens is 268 g/mol. The Morgan fingerprint density at radius 2 is 1.86 bits per heavy atom. The molecule has 0 saturated carbocycles. The van der Waals surface area contributed by atoms with Crippen molar-refractivity contribution < 1.29 is 19.0 Å². The zero-order chi connectivity index (χ0) is 15.7. The fraction of sp³-hybridized carbons (Fsp3) is 0.588. The van der Waals surface area contributed by atoms with E-state index in [1.54, 1.807) is 0 Å². The summed E-state index contributed by atoms with van der Waals surface area (Å²) < 4.78 is 17.0. The summed E-state index contributed by atoms with van der Waals surface area (Å²) in [5, 5.41) is 0. The van der Waals surface area contributed by atoms with Crippen LogP contribution in [0.15, 0.2) is 30.3 Å². The van der Waals surface area contributed by atoms with Crippen LogP contribution in [0.5, 0.6) is 0 Å². The van der Waals surface area contributed by atoms with Crippen LogP contribution in [0.2, 0.25) is 0 Å². The Labute approximate surface area is 126 Å². The molecule has 1 heterocycles. The van der Waals surface area contributed by atoms with Crippen LogP contribution in [0.1, 0.15) is 46.3 Å². The van der Waals surface area contributed by atoms with Gasteiger partial charge in [-0.15, -0.1) is 0 Å². The molecule has 0 aliphatic carbocycles. The predicted molar refractivity (Wildman–Crippen MR) is 80.0 cm³/mol. The summed E-state index contributed by atoms with van der Waals surface area (Å²) in [6, 6.07) is 9.68. The van der Waals surface area contributed by atoms with Crippen molar-refractivity contribution in [2.75, 3.05) is 6.61 Å². The van der Waals surface area contributed by atoms with Crippen LogP contribution in [-0.4, -0.2) is 24.0 Å². The van der Waals surface area contributed by atoms with Gasteiger partial charge in [-0.1, -0.05) is 44.2 Å². The summed E-state index contributed by atoms with van der Waals surface area (Å²) >= 11 is 0. The predicted octanol–water partition coefficient (Wildman–Crippen LogP) is 4.10.